The number of carboxylic acids is 1. The molecule has 0 atom stereocenters. The Kier molecular flexibility index (Phi) is 5.18. The molecule has 28 heavy (non-hydrogen) atoms. The number of carboxylic acid groups (broad SMARTS) is 1. The van der Waals surface area contributed by atoms with Crippen LogP contribution in [0.2, 0.25) is 0 Å². The number of carbonyl (C=O) groups excluding carboxylic acids is 1. The summed E-state index contributed by atoms with van der Waals surface area (Å²) in [6.45, 7) is 1.58. The van der Waals surface area contributed by atoms with Crippen molar-refractivity contribution in [1.29, 1.82) is 0 Å². The number of carbonyl (C=O) groups is 2. The summed E-state index contributed by atoms with van der Waals surface area (Å²) in [5.74, 6) is -1.57. The normalized spacial score (nSPS) is 11.0. The molecule has 0 fully saturated rings. The Morgan fingerprint density at radius 3 is 2.43 bits per heavy atom. The monoisotopic (exact) mass is 400 g/mol. The highest BCUT2D eigenvalue weighted by Gasteiger charge is 2.18. The summed E-state index contributed by atoms with van der Waals surface area (Å²) in [5, 5.41) is 11.8. The summed E-state index contributed by atoms with van der Waals surface area (Å²) in [7, 11) is -4.02. The third-order valence-corrected chi connectivity index (χ3v) is 5.25. The predicted molar refractivity (Wildman–Crippen MR) is 102 cm³/mol. The van der Waals surface area contributed by atoms with E-state index >= 15 is 0 Å². The second kappa shape index (κ2) is 7.57. The van der Waals surface area contributed by atoms with Crippen molar-refractivity contribution in [3.8, 4) is 0 Å². The lowest BCUT2D eigenvalue weighted by atomic mass is 10.1. The summed E-state index contributed by atoms with van der Waals surface area (Å²) in [4.78, 5) is 23.1. The van der Waals surface area contributed by atoms with E-state index < -0.39 is 21.9 Å². The molecule has 2 aromatic carbocycles. The van der Waals surface area contributed by atoms with Gasteiger partial charge in [0.15, 0.2) is 5.76 Å². The summed E-state index contributed by atoms with van der Waals surface area (Å²) in [5.41, 5.74) is 0.919. The van der Waals surface area contributed by atoms with Gasteiger partial charge in [-0.25, -0.2) is 13.2 Å². The first kappa shape index (κ1) is 19.2. The molecule has 0 aliphatic carbocycles. The zero-order valence-electron chi connectivity index (χ0n) is 14.7. The van der Waals surface area contributed by atoms with Gasteiger partial charge in [0.05, 0.1) is 22.4 Å². The van der Waals surface area contributed by atoms with Crippen molar-refractivity contribution in [3.63, 3.8) is 0 Å². The zero-order chi connectivity index (χ0) is 20.3. The van der Waals surface area contributed by atoms with Crippen molar-refractivity contribution in [2.45, 2.75) is 11.8 Å². The molecule has 144 valence electrons. The Balaban J connectivity index is 1.82. The summed E-state index contributed by atoms with van der Waals surface area (Å²) >= 11 is 0. The van der Waals surface area contributed by atoms with Crippen LogP contribution in [0.4, 0.5) is 11.4 Å². The molecule has 0 unspecified atom stereocenters. The number of amides is 1. The number of rotatable bonds is 6. The number of sulfonamides is 1. The lowest BCUT2D eigenvalue weighted by Crippen LogP contribution is -2.15. The molecule has 0 saturated heterocycles. The first-order valence-corrected chi connectivity index (χ1v) is 9.56. The summed E-state index contributed by atoms with van der Waals surface area (Å²) in [6, 6.07) is 13.0. The van der Waals surface area contributed by atoms with Gasteiger partial charge in [0, 0.05) is 5.69 Å². The fourth-order valence-electron chi connectivity index (χ4n) is 2.47. The Labute approximate surface area is 160 Å². The number of hydrogen-bond donors (Lipinski definition) is 3. The lowest BCUT2D eigenvalue weighted by Gasteiger charge is -2.11. The molecule has 0 aliphatic rings. The minimum atomic E-state index is -4.02. The van der Waals surface area contributed by atoms with Crippen molar-refractivity contribution >= 4 is 33.3 Å². The maximum atomic E-state index is 12.6. The van der Waals surface area contributed by atoms with Gasteiger partial charge >= 0.3 is 5.97 Å². The van der Waals surface area contributed by atoms with Gasteiger partial charge in [-0.1, -0.05) is 12.1 Å². The molecule has 0 radical (unpaired) electrons. The molecular weight excluding hydrogens is 384 g/mol. The molecule has 3 aromatic rings. The minimum absolute atomic E-state index is 0.0951. The summed E-state index contributed by atoms with van der Waals surface area (Å²) < 4.78 is 32.6. The first-order valence-electron chi connectivity index (χ1n) is 8.08. The van der Waals surface area contributed by atoms with Crippen LogP contribution in [0, 0.1) is 6.92 Å². The van der Waals surface area contributed by atoms with Crippen LogP contribution in [0.5, 0.6) is 0 Å². The molecule has 9 heteroatoms. The van der Waals surface area contributed by atoms with E-state index in [1.54, 1.807) is 25.1 Å². The molecule has 1 aromatic heterocycles. The lowest BCUT2D eigenvalue weighted by molar-refractivity contribution is 0.0695. The molecule has 1 amide bonds. The summed E-state index contributed by atoms with van der Waals surface area (Å²) in [6.07, 6.45) is 1.37. The van der Waals surface area contributed by atoms with Crippen molar-refractivity contribution in [3.05, 3.63) is 77.7 Å². The van der Waals surface area contributed by atoms with Gasteiger partial charge in [-0.3, -0.25) is 9.52 Å². The van der Waals surface area contributed by atoms with Gasteiger partial charge in [-0.05, 0) is 55.0 Å². The van der Waals surface area contributed by atoms with Crippen molar-refractivity contribution in [2.75, 3.05) is 10.0 Å². The Hall–Kier alpha value is -3.59. The highest BCUT2D eigenvalue weighted by molar-refractivity contribution is 7.92. The topological polar surface area (TPSA) is 126 Å². The SMILES string of the molecule is Cc1ccc(S(=O)(=O)Nc2cccc(NC(=O)c3ccco3)c2)cc1C(=O)O. The molecule has 0 bridgehead atoms. The van der Waals surface area contributed by atoms with Gasteiger partial charge < -0.3 is 14.8 Å². The van der Waals surface area contributed by atoms with Crippen LogP contribution in [-0.2, 0) is 10.0 Å². The molecule has 0 saturated carbocycles. The number of hydrogen-bond acceptors (Lipinski definition) is 5. The molecule has 0 aliphatic heterocycles. The van der Waals surface area contributed by atoms with E-state index in [0.717, 1.165) is 6.07 Å². The van der Waals surface area contributed by atoms with E-state index in [9.17, 15) is 23.1 Å². The quantitative estimate of drug-likeness (QED) is 0.583. The van der Waals surface area contributed by atoms with Crippen molar-refractivity contribution < 1.29 is 27.5 Å². The van der Waals surface area contributed by atoms with Crippen LogP contribution in [0.1, 0.15) is 26.5 Å². The third kappa shape index (κ3) is 4.21. The van der Waals surface area contributed by atoms with Crippen LogP contribution in [-0.4, -0.2) is 25.4 Å². The maximum Gasteiger partial charge on any atom is 0.335 e. The van der Waals surface area contributed by atoms with Crippen LogP contribution in [0.25, 0.3) is 0 Å². The number of benzene rings is 2. The van der Waals surface area contributed by atoms with Crippen LogP contribution in [0.15, 0.2) is 70.2 Å². The van der Waals surface area contributed by atoms with E-state index in [4.69, 9.17) is 4.42 Å². The van der Waals surface area contributed by atoms with Crippen molar-refractivity contribution in [1.82, 2.24) is 0 Å². The second-order valence-electron chi connectivity index (χ2n) is 5.90. The van der Waals surface area contributed by atoms with Crippen LogP contribution in [0.3, 0.4) is 0 Å². The smallest absolute Gasteiger partial charge is 0.335 e. The molecule has 3 N–H and O–H groups in total. The average Bonchev–Trinajstić information content (AvgIpc) is 3.16. The molecule has 0 spiro atoms. The Bertz CT molecular complexity index is 1140. The highest BCUT2D eigenvalue weighted by atomic mass is 32.2. The fraction of sp³-hybridized carbons (Fsp3) is 0.0526. The average molecular weight is 400 g/mol. The molecule has 8 nitrogen and oxygen atoms in total. The van der Waals surface area contributed by atoms with Gasteiger partial charge in [0.1, 0.15) is 0 Å². The van der Waals surface area contributed by atoms with Crippen molar-refractivity contribution in [2.24, 2.45) is 0 Å². The fourth-order valence-corrected chi connectivity index (χ4v) is 3.55. The standard InChI is InChI=1S/C19H16N2O6S/c1-12-7-8-15(11-16(12)19(23)24)28(25,26)21-14-5-2-4-13(10-14)20-18(22)17-6-3-9-27-17/h2-11,21H,1H3,(H,20,22)(H,23,24). The third-order valence-electron chi connectivity index (χ3n) is 3.87. The van der Waals surface area contributed by atoms with E-state index in [1.165, 1.54) is 36.6 Å². The number of aryl methyl sites for hydroxylation is 1. The number of furan rings is 1. The van der Waals surface area contributed by atoms with Gasteiger partial charge in [0.25, 0.3) is 15.9 Å². The minimum Gasteiger partial charge on any atom is -0.478 e. The van der Waals surface area contributed by atoms with Gasteiger partial charge in [-0.2, -0.15) is 0 Å². The number of anilines is 2. The van der Waals surface area contributed by atoms with Gasteiger partial charge in [-0.15, -0.1) is 0 Å². The van der Waals surface area contributed by atoms with E-state index in [1.807, 2.05) is 0 Å². The predicted octanol–water partition coefficient (Wildman–Crippen LogP) is 3.34. The Morgan fingerprint density at radius 2 is 1.75 bits per heavy atom. The van der Waals surface area contributed by atoms with E-state index in [-0.39, 0.29) is 21.9 Å². The van der Waals surface area contributed by atoms with Crippen LogP contribution >= 0.6 is 0 Å². The second-order valence-corrected chi connectivity index (χ2v) is 7.58. The number of nitrogens with one attached hydrogen (secondary N) is 2. The zero-order valence-corrected chi connectivity index (χ0v) is 15.5. The maximum absolute atomic E-state index is 12.6. The first-order chi connectivity index (χ1) is 13.3. The van der Waals surface area contributed by atoms with Crippen LogP contribution < -0.4 is 10.0 Å². The van der Waals surface area contributed by atoms with E-state index in [2.05, 4.69) is 10.0 Å². The Morgan fingerprint density at radius 1 is 1.00 bits per heavy atom. The molecule has 3 rings (SSSR count). The largest absolute Gasteiger partial charge is 0.478 e. The van der Waals surface area contributed by atoms with Gasteiger partial charge in [0.2, 0.25) is 0 Å². The molecule has 1 heterocycles. The highest BCUT2D eigenvalue weighted by Crippen LogP contribution is 2.22. The van der Waals surface area contributed by atoms with E-state index in [0.29, 0.717) is 11.3 Å². The molecular formula is C19H16N2O6S. The number of aromatic carboxylic acids is 1.